The zero-order valence-corrected chi connectivity index (χ0v) is 21.6. The Morgan fingerprint density at radius 1 is 1.54 bits per heavy atom. The first kappa shape index (κ1) is 13.5. The fourth-order valence-electron chi connectivity index (χ4n) is 0.867. The molecule has 1 aromatic heterocycles. The van der Waals surface area contributed by atoms with Crippen molar-refractivity contribution in [3.63, 3.8) is 0 Å². The molecule has 0 aromatic carbocycles. The molecule has 0 N–H and O–H groups in total. The van der Waals surface area contributed by atoms with Gasteiger partial charge in [0.25, 0.3) is 0 Å². The number of nitro groups is 1. The van der Waals surface area contributed by atoms with Crippen LogP contribution in [0.2, 0.25) is 10.2 Å². The van der Waals surface area contributed by atoms with Crippen molar-refractivity contribution < 1.29 is 47.7 Å². The number of hydrogen-bond acceptors (Lipinski definition) is 3. The number of hydrogen-bond donors (Lipinski definition) is 0. The average Bonchev–Trinajstić information content (AvgIpc) is 1.99. The van der Waals surface area contributed by atoms with E-state index in [-0.39, 0.29) is 114 Å². The Morgan fingerprint density at radius 2 is 2.08 bits per heavy atom. The summed E-state index contributed by atoms with van der Waals surface area (Å²) in [6.07, 6.45) is 0. The van der Waals surface area contributed by atoms with Gasteiger partial charge in [0.2, 0.25) is 0 Å². The second kappa shape index (κ2) is 5.65. The minimum absolute atomic E-state index is 0.0184. The first-order chi connectivity index (χ1) is 5.95. The van der Waals surface area contributed by atoms with Gasteiger partial charge in [-0.2, -0.15) is 0 Å². The normalized spacial score (nSPS) is 10.1. The van der Waals surface area contributed by atoms with Gasteiger partial charge < -0.3 is 0 Å². The standard InChI is InChI=1S/C5Cl2N2O2.Ra.Rb.H/c6-3-1-2-8-5(7)4(3)9(10)11;;;. The number of halogens is 2. The number of rotatable bonds is 1. The molecule has 0 aliphatic rings. The van der Waals surface area contributed by atoms with Crippen LogP contribution in [-0.4, -0.2) is 65.4 Å². The van der Waals surface area contributed by atoms with E-state index >= 15 is 0 Å². The second-order valence-electron chi connectivity index (χ2n) is 2.53. The summed E-state index contributed by atoms with van der Waals surface area (Å²) in [6, 6.07) is 0. The fraction of sp³-hybridized carbons (Fsp3) is 0. The summed E-state index contributed by atoms with van der Waals surface area (Å²) < 4.78 is 1.81. The quantitative estimate of drug-likeness (QED) is 0.308. The Kier molecular flexibility index (Phi) is 5.85. The monoisotopic (exact) mass is 502 g/mol. The van der Waals surface area contributed by atoms with Crippen molar-refractivity contribution >= 4 is 83.8 Å². The molecule has 0 amide bonds. The molecule has 0 radical (unpaired) electrons. The third-order valence-electron chi connectivity index (χ3n) is 1.72. The molecular weight excluding hydrogens is 502 g/mol. The van der Waals surface area contributed by atoms with E-state index < -0.39 is 4.92 Å². The van der Waals surface area contributed by atoms with Crippen molar-refractivity contribution in [1.82, 2.24) is 4.98 Å². The van der Waals surface area contributed by atoms with Gasteiger partial charge in [0.15, 0.2) is 0 Å². The minimum atomic E-state index is -0.575. The van der Waals surface area contributed by atoms with Crippen LogP contribution in [0.5, 0.6) is 0 Å². The van der Waals surface area contributed by atoms with E-state index in [1.807, 2.05) is 0 Å². The van der Waals surface area contributed by atoms with Gasteiger partial charge in [-0.1, -0.05) is 0 Å². The van der Waals surface area contributed by atoms with E-state index in [0.717, 1.165) is -0.633 Å². The van der Waals surface area contributed by atoms with Crippen molar-refractivity contribution in [3.05, 3.63) is 20.3 Å². The molecule has 1 aromatic rings. The molecular formula is C5HCl2N2O2RaRb. The van der Waals surface area contributed by atoms with Gasteiger partial charge in [0, 0.05) is 0 Å². The number of aromatic nitrogens is 1. The summed E-state index contributed by atoms with van der Waals surface area (Å²) in [4.78, 5) is 13.9. The molecule has 60 valence electrons. The van der Waals surface area contributed by atoms with Gasteiger partial charge in [-0.15, -0.1) is 0 Å². The van der Waals surface area contributed by atoms with Crippen LogP contribution in [0.15, 0.2) is 0 Å². The zero-order chi connectivity index (χ0) is 10.2. The predicted molar refractivity (Wildman–Crippen MR) is 47.3 cm³/mol. The van der Waals surface area contributed by atoms with E-state index in [2.05, 4.69) is 4.98 Å². The first-order valence-corrected chi connectivity index (χ1v) is 10.7. The predicted octanol–water partition coefficient (Wildman–Crippen LogP) is -0.00270. The molecule has 0 aliphatic carbocycles. The van der Waals surface area contributed by atoms with Gasteiger partial charge >= 0.3 is 157 Å². The molecule has 1 heterocycles. The van der Waals surface area contributed by atoms with Crippen LogP contribution >= 0.6 is 23.2 Å². The van der Waals surface area contributed by atoms with Gasteiger partial charge in [0.1, 0.15) is 0 Å². The Bertz CT molecular complexity index is 387. The van der Waals surface area contributed by atoms with Crippen molar-refractivity contribution in [1.29, 1.82) is 0 Å². The van der Waals surface area contributed by atoms with E-state index in [4.69, 9.17) is 23.2 Å². The van der Waals surface area contributed by atoms with Crippen LogP contribution in [0, 0.1) is 52.9 Å². The van der Waals surface area contributed by atoms with E-state index in [9.17, 15) is 10.1 Å². The maximum atomic E-state index is 10.5. The summed E-state index contributed by atoms with van der Waals surface area (Å²) in [5, 5.41) is 10.7. The Labute approximate surface area is 152 Å². The molecule has 0 saturated heterocycles. The summed E-state index contributed by atoms with van der Waals surface area (Å²) >= 11 is 11.6. The van der Waals surface area contributed by atoms with Crippen LogP contribution in [-0.2, 0) is 0 Å². The summed E-state index contributed by atoms with van der Waals surface area (Å²) in [7, 11) is 0. The van der Waals surface area contributed by atoms with Gasteiger partial charge in [-0.3, -0.25) is 0 Å². The van der Waals surface area contributed by atoms with Gasteiger partial charge in [-0.25, -0.2) is 0 Å². The molecule has 0 atom stereocenters. The average molecular weight is 503 g/mol. The maximum absolute atomic E-state index is 10.5. The zero-order valence-electron chi connectivity index (χ0n) is 6.97. The molecule has 4 nitrogen and oxygen atoms in total. The second-order valence-corrected chi connectivity index (χ2v) is 9.71. The molecule has 0 fully saturated rings. The van der Waals surface area contributed by atoms with E-state index in [1.54, 1.807) is 0 Å². The molecule has 1 rings (SSSR count). The van der Waals surface area contributed by atoms with Gasteiger partial charge in [0.05, 0.1) is 0 Å². The molecule has 0 spiro atoms. The third kappa shape index (κ3) is 3.18. The van der Waals surface area contributed by atoms with Crippen molar-refractivity contribution in [2.45, 2.75) is 0 Å². The Hall–Kier alpha value is 2.40. The van der Waals surface area contributed by atoms with Gasteiger partial charge in [-0.05, 0) is 0 Å². The fourth-order valence-corrected chi connectivity index (χ4v) is 4.84. The van der Waals surface area contributed by atoms with Crippen molar-refractivity contribution in [3.8, 4) is 0 Å². The van der Waals surface area contributed by atoms with Crippen LogP contribution in [0.1, 0.15) is 0 Å². The van der Waals surface area contributed by atoms with Crippen LogP contribution in [0.25, 0.3) is 0 Å². The van der Waals surface area contributed by atoms with Crippen molar-refractivity contribution in [2.75, 3.05) is 0 Å². The number of nitrogens with zero attached hydrogens (tertiary/aromatic N) is 2. The summed E-state index contributed by atoms with van der Waals surface area (Å²) in [5.74, 6) is 0. The number of pyridine rings is 1. The summed E-state index contributed by atoms with van der Waals surface area (Å²) in [6.45, 7) is 0. The van der Waals surface area contributed by atoms with Crippen LogP contribution < -0.4 is -0.633 Å². The summed E-state index contributed by atoms with van der Waals surface area (Å²) in [5.41, 5.74) is -0.236. The third-order valence-corrected chi connectivity index (χ3v) is 21.3. The first-order valence-electron chi connectivity index (χ1n) is 3.41. The van der Waals surface area contributed by atoms with E-state index in [0.29, 0.717) is 0 Å². The molecule has 0 unspecified atom stereocenters. The Balaban J connectivity index is 3.53. The molecule has 8 heteroatoms. The SMILES string of the molecule is O=[N+]([O-])c1c(Cl)n[c]([Rb])[c]([RaH])c1Cl. The molecule has 13 heavy (non-hydrogen) atoms. The molecule has 0 bridgehead atoms. The molecule has 0 aliphatic heterocycles. The van der Waals surface area contributed by atoms with Crippen LogP contribution in [0.4, 0.5) is 5.69 Å². The Morgan fingerprint density at radius 3 is 2.54 bits per heavy atom. The topological polar surface area (TPSA) is 56.0 Å². The van der Waals surface area contributed by atoms with Crippen LogP contribution in [0.3, 0.4) is 0 Å². The van der Waals surface area contributed by atoms with Crippen molar-refractivity contribution in [2.24, 2.45) is 0 Å². The molecule has 0 saturated carbocycles. The van der Waals surface area contributed by atoms with E-state index in [1.165, 1.54) is 0 Å².